The molecule has 148 valence electrons. The molecule has 0 radical (unpaired) electrons. The predicted octanol–water partition coefficient (Wildman–Crippen LogP) is 4.46. The molecule has 1 fully saturated rings. The molecule has 1 aliphatic heterocycles. The Bertz CT molecular complexity index is 1070. The van der Waals surface area contributed by atoms with Gasteiger partial charge in [-0.05, 0) is 30.3 Å². The highest BCUT2D eigenvalue weighted by Crippen LogP contribution is 2.30. The summed E-state index contributed by atoms with van der Waals surface area (Å²) >= 11 is 7.36. The van der Waals surface area contributed by atoms with Crippen LogP contribution in [0.2, 0.25) is 5.02 Å². The number of rotatable bonds is 5. The van der Waals surface area contributed by atoms with Gasteiger partial charge in [0.2, 0.25) is 11.8 Å². The number of halogens is 1. The summed E-state index contributed by atoms with van der Waals surface area (Å²) < 4.78 is 5.24. The molecule has 2 aromatic carbocycles. The van der Waals surface area contributed by atoms with Crippen LogP contribution in [0.5, 0.6) is 5.75 Å². The van der Waals surface area contributed by atoms with Crippen LogP contribution in [0.1, 0.15) is 6.42 Å². The maximum Gasteiger partial charge on any atom is 0.231 e. The molecule has 1 aliphatic rings. The Hall–Kier alpha value is -2.90. The van der Waals surface area contributed by atoms with Crippen molar-refractivity contribution in [1.82, 2.24) is 4.98 Å². The van der Waals surface area contributed by atoms with Crippen molar-refractivity contribution in [3.63, 3.8) is 0 Å². The maximum absolute atomic E-state index is 12.7. The van der Waals surface area contributed by atoms with E-state index < -0.39 is 5.92 Å². The number of thiazole rings is 1. The predicted molar refractivity (Wildman–Crippen MR) is 115 cm³/mol. The fraction of sp³-hybridized carbons (Fsp3) is 0.190. The Kier molecular flexibility index (Phi) is 5.51. The lowest BCUT2D eigenvalue weighted by Crippen LogP contribution is -2.28. The van der Waals surface area contributed by atoms with Crippen LogP contribution in [0, 0.1) is 5.92 Å². The molecule has 1 N–H and O–H groups in total. The number of hydrogen-bond acceptors (Lipinski definition) is 5. The Labute approximate surface area is 177 Å². The highest BCUT2D eigenvalue weighted by molar-refractivity contribution is 7.14. The standard InChI is InChI=1S/C21H18ClN3O3S/c1-28-17-7-2-4-13(8-17)18-12-29-21(23-18)24-20(27)14-9-19(26)25(11-14)16-6-3-5-15(22)10-16/h2-8,10,12,14H,9,11H2,1H3,(H,23,24,27)/t14-/m0/s1. The summed E-state index contributed by atoms with van der Waals surface area (Å²) in [5.41, 5.74) is 2.36. The van der Waals surface area contributed by atoms with Crippen LogP contribution in [0.25, 0.3) is 11.3 Å². The molecule has 6 nitrogen and oxygen atoms in total. The van der Waals surface area contributed by atoms with Crippen LogP contribution < -0.4 is 15.0 Å². The van der Waals surface area contributed by atoms with Crippen molar-refractivity contribution in [3.8, 4) is 17.0 Å². The molecular formula is C21H18ClN3O3S. The molecule has 0 bridgehead atoms. The van der Waals surface area contributed by atoms with E-state index in [0.717, 1.165) is 17.0 Å². The van der Waals surface area contributed by atoms with Gasteiger partial charge in [-0.1, -0.05) is 29.8 Å². The van der Waals surface area contributed by atoms with Crippen molar-refractivity contribution in [2.24, 2.45) is 5.92 Å². The van der Waals surface area contributed by atoms with Crippen LogP contribution in [-0.4, -0.2) is 30.5 Å². The van der Waals surface area contributed by atoms with Gasteiger partial charge in [0.1, 0.15) is 5.75 Å². The summed E-state index contributed by atoms with van der Waals surface area (Å²) in [6, 6.07) is 14.6. The lowest BCUT2D eigenvalue weighted by Gasteiger charge is -2.16. The fourth-order valence-corrected chi connectivity index (χ4v) is 4.14. The number of aromatic nitrogens is 1. The largest absolute Gasteiger partial charge is 0.497 e. The molecule has 1 saturated heterocycles. The summed E-state index contributed by atoms with van der Waals surface area (Å²) in [7, 11) is 1.61. The average molecular weight is 428 g/mol. The van der Waals surface area contributed by atoms with E-state index in [0.29, 0.717) is 22.4 Å². The van der Waals surface area contributed by atoms with Crippen molar-refractivity contribution < 1.29 is 14.3 Å². The van der Waals surface area contributed by atoms with Crippen molar-refractivity contribution in [1.29, 1.82) is 0 Å². The van der Waals surface area contributed by atoms with E-state index in [4.69, 9.17) is 16.3 Å². The molecule has 4 rings (SSSR count). The SMILES string of the molecule is COc1cccc(-c2csc(NC(=O)[C@H]3CC(=O)N(c4cccc(Cl)c4)C3)n2)c1. The molecule has 2 amide bonds. The first-order valence-electron chi connectivity index (χ1n) is 9.00. The summed E-state index contributed by atoms with van der Waals surface area (Å²) in [5.74, 6) is -0.00430. The molecule has 8 heteroatoms. The molecule has 0 aliphatic carbocycles. The third-order valence-electron chi connectivity index (χ3n) is 4.72. The highest BCUT2D eigenvalue weighted by atomic mass is 35.5. The van der Waals surface area contributed by atoms with E-state index in [1.165, 1.54) is 11.3 Å². The van der Waals surface area contributed by atoms with Gasteiger partial charge in [-0.15, -0.1) is 11.3 Å². The number of nitrogens with one attached hydrogen (secondary N) is 1. The monoisotopic (exact) mass is 427 g/mol. The Balaban J connectivity index is 1.44. The van der Waals surface area contributed by atoms with E-state index in [1.54, 1.807) is 30.2 Å². The van der Waals surface area contributed by atoms with Gasteiger partial charge in [-0.25, -0.2) is 4.98 Å². The van der Waals surface area contributed by atoms with E-state index in [9.17, 15) is 9.59 Å². The van der Waals surface area contributed by atoms with Crippen LogP contribution in [-0.2, 0) is 9.59 Å². The molecule has 0 saturated carbocycles. The number of methoxy groups -OCH3 is 1. The lowest BCUT2D eigenvalue weighted by molar-refractivity contribution is -0.122. The quantitative estimate of drug-likeness (QED) is 0.652. The van der Waals surface area contributed by atoms with Crippen molar-refractivity contribution in [2.45, 2.75) is 6.42 Å². The minimum absolute atomic E-state index is 0.0939. The zero-order valence-electron chi connectivity index (χ0n) is 15.6. The van der Waals surface area contributed by atoms with Gasteiger partial charge in [0.15, 0.2) is 5.13 Å². The second-order valence-electron chi connectivity index (χ2n) is 6.64. The Morgan fingerprint density at radius 1 is 1.28 bits per heavy atom. The molecule has 29 heavy (non-hydrogen) atoms. The van der Waals surface area contributed by atoms with Gasteiger partial charge in [0.05, 0.1) is 18.7 Å². The first-order chi connectivity index (χ1) is 14.0. The minimum Gasteiger partial charge on any atom is -0.497 e. The smallest absolute Gasteiger partial charge is 0.231 e. The average Bonchev–Trinajstić information content (AvgIpc) is 3.35. The summed E-state index contributed by atoms with van der Waals surface area (Å²) in [6.45, 7) is 0.319. The van der Waals surface area contributed by atoms with Gasteiger partial charge in [0, 0.05) is 34.6 Å². The molecule has 1 aromatic heterocycles. The van der Waals surface area contributed by atoms with E-state index in [-0.39, 0.29) is 18.2 Å². The second-order valence-corrected chi connectivity index (χ2v) is 7.94. The number of nitrogens with zero attached hydrogens (tertiary/aromatic N) is 2. The second kappa shape index (κ2) is 8.23. The lowest BCUT2D eigenvalue weighted by atomic mass is 10.1. The third kappa shape index (κ3) is 4.26. The number of anilines is 2. The van der Waals surface area contributed by atoms with Crippen LogP contribution in [0.15, 0.2) is 53.9 Å². The Morgan fingerprint density at radius 2 is 2.10 bits per heavy atom. The van der Waals surface area contributed by atoms with E-state index in [2.05, 4.69) is 10.3 Å². The number of hydrogen-bond donors (Lipinski definition) is 1. The first-order valence-corrected chi connectivity index (χ1v) is 10.3. The van der Waals surface area contributed by atoms with Gasteiger partial charge in [-0.2, -0.15) is 0 Å². The van der Waals surface area contributed by atoms with Gasteiger partial charge < -0.3 is 15.0 Å². The molecule has 3 aromatic rings. The Morgan fingerprint density at radius 3 is 2.90 bits per heavy atom. The zero-order valence-corrected chi connectivity index (χ0v) is 17.2. The first kappa shape index (κ1) is 19.4. The fourth-order valence-electron chi connectivity index (χ4n) is 3.23. The molecular weight excluding hydrogens is 410 g/mol. The van der Waals surface area contributed by atoms with Crippen LogP contribution >= 0.6 is 22.9 Å². The van der Waals surface area contributed by atoms with Gasteiger partial charge in [-0.3, -0.25) is 9.59 Å². The number of amides is 2. The van der Waals surface area contributed by atoms with Crippen LogP contribution in [0.4, 0.5) is 10.8 Å². The topological polar surface area (TPSA) is 71.5 Å². The number of carbonyl (C=O) groups is 2. The summed E-state index contributed by atoms with van der Waals surface area (Å²) in [5, 5.41) is 5.77. The van der Waals surface area contributed by atoms with Gasteiger partial charge >= 0.3 is 0 Å². The van der Waals surface area contributed by atoms with Crippen LogP contribution in [0.3, 0.4) is 0 Å². The zero-order chi connectivity index (χ0) is 20.4. The minimum atomic E-state index is -0.439. The third-order valence-corrected chi connectivity index (χ3v) is 5.71. The van der Waals surface area contributed by atoms with Gasteiger partial charge in [0.25, 0.3) is 0 Å². The molecule has 1 atom stereocenters. The molecule has 0 unspecified atom stereocenters. The van der Waals surface area contributed by atoms with Crippen molar-refractivity contribution >= 4 is 45.6 Å². The number of carbonyl (C=O) groups excluding carboxylic acids is 2. The normalized spacial score (nSPS) is 16.1. The highest BCUT2D eigenvalue weighted by Gasteiger charge is 2.35. The molecule has 2 heterocycles. The van der Waals surface area contributed by atoms with Crippen molar-refractivity contribution in [2.75, 3.05) is 23.9 Å². The maximum atomic E-state index is 12.7. The van der Waals surface area contributed by atoms with E-state index >= 15 is 0 Å². The summed E-state index contributed by atoms with van der Waals surface area (Å²) in [4.78, 5) is 31.1. The van der Waals surface area contributed by atoms with E-state index in [1.807, 2.05) is 35.7 Å². The summed E-state index contributed by atoms with van der Waals surface area (Å²) in [6.07, 6.45) is 0.159. The molecule has 0 spiro atoms. The number of ether oxygens (including phenoxy) is 1. The van der Waals surface area contributed by atoms with Crippen molar-refractivity contribution in [3.05, 3.63) is 58.9 Å². The number of benzene rings is 2.